The number of aliphatic carboxylic acids is 1. The third-order valence-electron chi connectivity index (χ3n) is 5.00. The van der Waals surface area contributed by atoms with Crippen molar-refractivity contribution in [1.29, 1.82) is 0 Å². The van der Waals surface area contributed by atoms with E-state index >= 15 is 0 Å². The number of carbonyl (C=O) groups is 1. The Morgan fingerprint density at radius 2 is 2.09 bits per heavy atom. The Morgan fingerprint density at radius 3 is 2.68 bits per heavy atom. The van der Waals surface area contributed by atoms with Crippen molar-refractivity contribution in [3.05, 3.63) is 29.3 Å². The molecule has 2 atom stereocenters. The van der Waals surface area contributed by atoms with Crippen LogP contribution in [0.15, 0.2) is 18.2 Å². The van der Waals surface area contributed by atoms with E-state index in [2.05, 4.69) is 13.8 Å². The van der Waals surface area contributed by atoms with Gasteiger partial charge in [-0.05, 0) is 42.5 Å². The predicted molar refractivity (Wildman–Crippen MR) is 90.5 cm³/mol. The van der Waals surface area contributed by atoms with Gasteiger partial charge in [0, 0.05) is 22.5 Å². The molecule has 1 aliphatic rings. The molecule has 0 heterocycles. The lowest BCUT2D eigenvalue weighted by atomic mass is 9.63. The van der Waals surface area contributed by atoms with Crippen LogP contribution in [-0.2, 0) is 16.6 Å². The van der Waals surface area contributed by atoms with Gasteiger partial charge in [-0.15, -0.1) is 0 Å². The zero-order valence-electron chi connectivity index (χ0n) is 13.2. The Labute approximate surface area is 136 Å². The average Bonchev–Trinajstić information content (AvgIpc) is 2.49. The summed E-state index contributed by atoms with van der Waals surface area (Å²) in [4.78, 5) is 10.7. The molecule has 0 saturated carbocycles. The molecule has 5 heteroatoms. The molecule has 22 heavy (non-hydrogen) atoms. The molecule has 2 rings (SSSR count). The number of nitrogens with two attached hydrogens (primary N) is 1. The first-order valence-electron chi connectivity index (χ1n) is 7.86. The lowest BCUT2D eigenvalue weighted by Gasteiger charge is -2.47. The van der Waals surface area contributed by atoms with Crippen molar-refractivity contribution >= 4 is 17.7 Å². The van der Waals surface area contributed by atoms with Crippen LogP contribution in [0.4, 0.5) is 0 Å². The van der Waals surface area contributed by atoms with Crippen LogP contribution in [0.1, 0.15) is 44.2 Å². The zero-order chi connectivity index (χ0) is 16.3. The molecule has 0 radical (unpaired) electrons. The van der Waals surface area contributed by atoms with E-state index < -0.39 is 5.97 Å². The topological polar surface area (TPSA) is 83.5 Å². The van der Waals surface area contributed by atoms with Crippen molar-refractivity contribution in [3.63, 3.8) is 0 Å². The van der Waals surface area contributed by atoms with E-state index in [4.69, 9.17) is 10.8 Å². The number of phenolic OH excluding ortho intramolecular Hbond substituents is 1. The maximum absolute atomic E-state index is 10.7. The van der Waals surface area contributed by atoms with Gasteiger partial charge in [-0.25, -0.2) is 0 Å². The summed E-state index contributed by atoms with van der Waals surface area (Å²) < 4.78 is 0. The molecule has 1 aromatic carbocycles. The summed E-state index contributed by atoms with van der Waals surface area (Å²) >= 11 is 1.67. The Bertz CT molecular complexity index is 543. The number of fused-ring (bicyclic) bond motifs is 1. The van der Waals surface area contributed by atoms with Gasteiger partial charge >= 0.3 is 5.97 Å². The second-order valence-electron chi connectivity index (χ2n) is 5.99. The predicted octanol–water partition coefficient (Wildman–Crippen LogP) is 2.91. The Balaban J connectivity index is 2.32. The fourth-order valence-electron chi connectivity index (χ4n) is 3.65. The molecule has 1 aromatic rings. The lowest BCUT2D eigenvalue weighted by molar-refractivity contribution is -0.136. The highest BCUT2D eigenvalue weighted by Crippen LogP contribution is 2.46. The second-order valence-corrected chi connectivity index (χ2v) is 7.33. The summed E-state index contributed by atoms with van der Waals surface area (Å²) in [5.74, 6) is 0.110. The largest absolute Gasteiger partial charge is 0.508 e. The Morgan fingerprint density at radius 1 is 1.41 bits per heavy atom. The molecule has 4 nitrogen and oxygen atoms in total. The standard InChI is InChI=1S/C17H25NO3S/c1-3-17(4-2)13-10-12(19)6-5-11(13)9-14(16(17)18)22-8-7-15(20)21/h5-6,10,14,16,19H,3-4,7-9,18H2,1-2H3,(H,20,21). The SMILES string of the molecule is CCC1(CC)c2cc(O)ccc2CC(SCCC(=O)O)C1N. The molecule has 122 valence electrons. The Kier molecular flexibility index (Phi) is 5.40. The third-order valence-corrected chi connectivity index (χ3v) is 6.33. The maximum atomic E-state index is 10.7. The number of carboxylic acids is 1. The van der Waals surface area contributed by atoms with Crippen LogP contribution in [0, 0.1) is 0 Å². The van der Waals surface area contributed by atoms with E-state index in [0.717, 1.165) is 19.3 Å². The van der Waals surface area contributed by atoms with Gasteiger partial charge in [0.25, 0.3) is 0 Å². The number of rotatable bonds is 6. The van der Waals surface area contributed by atoms with Crippen LogP contribution in [0.2, 0.25) is 0 Å². The number of hydrogen-bond acceptors (Lipinski definition) is 4. The van der Waals surface area contributed by atoms with Gasteiger partial charge in [0.05, 0.1) is 6.42 Å². The fourth-order valence-corrected chi connectivity index (χ4v) is 5.01. The van der Waals surface area contributed by atoms with Gasteiger partial charge in [-0.3, -0.25) is 4.79 Å². The lowest BCUT2D eigenvalue weighted by Crippen LogP contribution is -2.55. The van der Waals surface area contributed by atoms with Gasteiger partial charge in [0.1, 0.15) is 5.75 Å². The van der Waals surface area contributed by atoms with Crippen LogP contribution in [0.3, 0.4) is 0 Å². The fraction of sp³-hybridized carbons (Fsp3) is 0.588. The minimum Gasteiger partial charge on any atom is -0.508 e. The van der Waals surface area contributed by atoms with Crippen LogP contribution >= 0.6 is 11.8 Å². The molecule has 0 amide bonds. The van der Waals surface area contributed by atoms with Crippen molar-refractivity contribution in [2.45, 2.75) is 56.2 Å². The summed E-state index contributed by atoms with van der Waals surface area (Å²) in [5.41, 5.74) is 8.86. The molecular weight excluding hydrogens is 298 g/mol. The van der Waals surface area contributed by atoms with Crippen molar-refractivity contribution in [2.24, 2.45) is 5.73 Å². The van der Waals surface area contributed by atoms with E-state index in [9.17, 15) is 9.90 Å². The number of carboxylic acid groups (broad SMARTS) is 1. The molecule has 1 aliphatic carbocycles. The van der Waals surface area contributed by atoms with Crippen molar-refractivity contribution in [3.8, 4) is 5.75 Å². The molecule has 0 aliphatic heterocycles. The van der Waals surface area contributed by atoms with Crippen LogP contribution in [-0.4, -0.2) is 33.2 Å². The first-order valence-corrected chi connectivity index (χ1v) is 8.90. The van der Waals surface area contributed by atoms with Gasteiger partial charge in [0.2, 0.25) is 0 Å². The van der Waals surface area contributed by atoms with Crippen molar-refractivity contribution in [2.75, 3.05) is 5.75 Å². The van der Waals surface area contributed by atoms with Crippen LogP contribution in [0.25, 0.3) is 0 Å². The second kappa shape index (κ2) is 6.92. The number of thioether (sulfide) groups is 1. The van der Waals surface area contributed by atoms with Crippen molar-refractivity contribution in [1.82, 2.24) is 0 Å². The summed E-state index contributed by atoms with van der Waals surface area (Å²) in [6, 6.07) is 5.54. The number of aromatic hydroxyl groups is 1. The Hall–Kier alpha value is -1.20. The molecule has 2 unspecified atom stereocenters. The third kappa shape index (κ3) is 3.10. The van der Waals surface area contributed by atoms with Crippen LogP contribution in [0.5, 0.6) is 5.75 Å². The smallest absolute Gasteiger partial charge is 0.304 e. The van der Waals surface area contributed by atoms with E-state index in [1.165, 1.54) is 11.1 Å². The normalized spacial score (nSPS) is 23.0. The molecule has 4 N–H and O–H groups in total. The maximum Gasteiger partial charge on any atom is 0.304 e. The molecule has 0 aromatic heterocycles. The highest BCUT2D eigenvalue weighted by molar-refractivity contribution is 8.00. The minimum absolute atomic E-state index is 0.0319. The number of hydrogen-bond donors (Lipinski definition) is 3. The highest BCUT2D eigenvalue weighted by Gasteiger charge is 2.44. The van der Waals surface area contributed by atoms with Crippen LogP contribution < -0.4 is 5.73 Å². The van der Waals surface area contributed by atoms with Gasteiger partial charge < -0.3 is 15.9 Å². The van der Waals surface area contributed by atoms with Crippen molar-refractivity contribution < 1.29 is 15.0 Å². The summed E-state index contributed by atoms with van der Waals surface area (Å²) in [6.45, 7) is 4.28. The van der Waals surface area contributed by atoms with E-state index in [1.807, 2.05) is 12.1 Å². The van der Waals surface area contributed by atoms with E-state index in [0.29, 0.717) is 5.75 Å². The molecular formula is C17H25NO3S. The first-order chi connectivity index (χ1) is 10.4. The minimum atomic E-state index is -0.764. The highest BCUT2D eigenvalue weighted by atomic mass is 32.2. The molecule has 0 saturated heterocycles. The zero-order valence-corrected chi connectivity index (χ0v) is 14.0. The number of benzene rings is 1. The summed E-state index contributed by atoms with van der Waals surface area (Å²) in [7, 11) is 0. The first kappa shape index (κ1) is 17.2. The summed E-state index contributed by atoms with van der Waals surface area (Å²) in [5, 5.41) is 18.9. The molecule has 0 bridgehead atoms. The number of phenols is 1. The van der Waals surface area contributed by atoms with E-state index in [-0.39, 0.29) is 28.9 Å². The molecule has 0 fully saturated rings. The van der Waals surface area contributed by atoms with E-state index in [1.54, 1.807) is 17.8 Å². The van der Waals surface area contributed by atoms with Gasteiger partial charge in [-0.1, -0.05) is 19.9 Å². The monoisotopic (exact) mass is 323 g/mol. The van der Waals surface area contributed by atoms with Gasteiger partial charge in [0.15, 0.2) is 0 Å². The quantitative estimate of drug-likeness (QED) is 0.749. The molecule has 0 spiro atoms. The van der Waals surface area contributed by atoms with Gasteiger partial charge in [-0.2, -0.15) is 11.8 Å². The average molecular weight is 323 g/mol. The summed E-state index contributed by atoms with van der Waals surface area (Å²) in [6.07, 6.45) is 2.83.